The number of guanidine groups is 1. The van der Waals surface area contributed by atoms with Gasteiger partial charge in [0.2, 0.25) is 0 Å². The number of aromatic nitrogens is 1. The van der Waals surface area contributed by atoms with E-state index in [0.29, 0.717) is 13.2 Å². The lowest BCUT2D eigenvalue weighted by molar-refractivity contribution is 0.0676. The Balaban J connectivity index is 1.53. The van der Waals surface area contributed by atoms with Crippen LogP contribution >= 0.6 is 11.3 Å². The predicted octanol–water partition coefficient (Wildman–Crippen LogP) is 4.01. The molecule has 0 bridgehead atoms. The van der Waals surface area contributed by atoms with Crippen LogP contribution in [0.3, 0.4) is 0 Å². The summed E-state index contributed by atoms with van der Waals surface area (Å²) in [4.78, 5) is 9.30. The molecule has 0 spiro atoms. The molecule has 2 heterocycles. The number of hydrogen-bond acceptors (Lipinski definition) is 5. The monoisotopic (exact) mass is 430 g/mol. The molecule has 2 N–H and O–H groups in total. The van der Waals surface area contributed by atoms with Crippen LogP contribution in [0.1, 0.15) is 48.0 Å². The first kappa shape index (κ1) is 22.6. The highest BCUT2D eigenvalue weighted by Gasteiger charge is 2.17. The number of thiazole rings is 1. The van der Waals surface area contributed by atoms with E-state index < -0.39 is 0 Å². The standard InChI is InChI=1S/C23H34N4O2S/c1-4-24-23(25-11-5-8-22-27-18(3)16-30-22)26-14-19-10-9-17(2)13-21(19)29-15-20-7-6-12-28-20/h9-10,13,16,20H,4-8,11-12,14-15H2,1-3H3,(H2,24,25,26). The fourth-order valence-corrected chi connectivity index (χ4v) is 4.17. The summed E-state index contributed by atoms with van der Waals surface area (Å²) in [7, 11) is 0. The predicted molar refractivity (Wildman–Crippen MR) is 124 cm³/mol. The topological polar surface area (TPSA) is 67.8 Å². The maximum atomic E-state index is 6.10. The highest BCUT2D eigenvalue weighted by Crippen LogP contribution is 2.23. The van der Waals surface area contributed by atoms with Gasteiger partial charge in [-0.3, -0.25) is 0 Å². The third-order valence-electron chi connectivity index (χ3n) is 4.95. The second kappa shape index (κ2) is 11.9. The van der Waals surface area contributed by atoms with Crippen LogP contribution in [-0.4, -0.2) is 43.4 Å². The summed E-state index contributed by atoms with van der Waals surface area (Å²) >= 11 is 1.73. The first-order valence-electron chi connectivity index (χ1n) is 10.9. The minimum Gasteiger partial charge on any atom is -0.491 e. The molecule has 1 aliphatic rings. The third kappa shape index (κ3) is 7.29. The van der Waals surface area contributed by atoms with Gasteiger partial charge in [-0.25, -0.2) is 9.98 Å². The molecule has 1 saturated heterocycles. The van der Waals surface area contributed by atoms with Crippen molar-refractivity contribution in [1.82, 2.24) is 15.6 Å². The Labute approximate surface area is 184 Å². The van der Waals surface area contributed by atoms with E-state index in [4.69, 9.17) is 14.5 Å². The van der Waals surface area contributed by atoms with Crippen molar-refractivity contribution >= 4 is 17.3 Å². The molecule has 3 rings (SSSR count). The number of benzene rings is 1. The molecular weight excluding hydrogens is 396 g/mol. The number of aliphatic imine (C=N–C) groups is 1. The van der Waals surface area contributed by atoms with Crippen molar-refractivity contribution in [2.24, 2.45) is 4.99 Å². The minimum atomic E-state index is 0.211. The van der Waals surface area contributed by atoms with Gasteiger partial charge in [-0.05, 0) is 51.7 Å². The number of nitrogens with one attached hydrogen (secondary N) is 2. The van der Waals surface area contributed by atoms with Gasteiger partial charge in [0.1, 0.15) is 12.4 Å². The first-order valence-corrected chi connectivity index (χ1v) is 11.8. The van der Waals surface area contributed by atoms with Crippen LogP contribution in [0.2, 0.25) is 0 Å². The fraction of sp³-hybridized carbons (Fsp3) is 0.565. The van der Waals surface area contributed by atoms with Crippen molar-refractivity contribution in [1.29, 1.82) is 0 Å². The average Bonchev–Trinajstić information content (AvgIpc) is 3.40. The van der Waals surface area contributed by atoms with Crippen LogP contribution < -0.4 is 15.4 Å². The molecule has 164 valence electrons. The maximum absolute atomic E-state index is 6.10. The summed E-state index contributed by atoms with van der Waals surface area (Å²) in [5.74, 6) is 1.74. The Morgan fingerprint density at radius 3 is 2.97 bits per heavy atom. The molecule has 1 aromatic heterocycles. The Morgan fingerprint density at radius 2 is 2.23 bits per heavy atom. The molecule has 2 aromatic rings. The molecule has 1 unspecified atom stereocenters. The van der Waals surface area contributed by atoms with E-state index in [0.717, 1.165) is 68.3 Å². The normalized spacial score (nSPS) is 16.6. The van der Waals surface area contributed by atoms with E-state index in [2.05, 4.69) is 53.0 Å². The Hall–Kier alpha value is -2.12. The van der Waals surface area contributed by atoms with Gasteiger partial charge in [0.05, 0.1) is 17.7 Å². The number of aryl methyl sites for hydroxylation is 3. The Kier molecular flexibility index (Phi) is 8.96. The zero-order valence-electron chi connectivity index (χ0n) is 18.4. The van der Waals surface area contributed by atoms with Gasteiger partial charge < -0.3 is 20.1 Å². The minimum absolute atomic E-state index is 0.211. The van der Waals surface area contributed by atoms with Gasteiger partial charge in [0.15, 0.2) is 5.96 Å². The van der Waals surface area contributed by atoms with E-state index in [-0.39, 0.29) is 6.10 Å². The zero-order valence-corrected chi connectivity index (χ0v) is 19.2. The average molecular weight is 431 g/mol. The lowest BCUT2D eigenvalue weighted by Crippen LogP contribution is -2.37. The molecule has 1 aliphatic heterocycles. The second-order valence-electron chi connectivity index (χ2n) is 7.67. The molecule has 30 heavy (non-hydrogen) atoms. The number of rotatable bonds is 10. The van der Waals surface area contributed by atoms with Crippen LogP contribution in [0.15, 0.2) is 28.6 Å². The van der Waals surface area contributed by atoms with E-state index in [1.807, 2.05) is 6.92 Å². The van der Waals surface area contributed by atoms with Crippen molar-refractivity contribution in [2.45, 2.75) is 59.1 Å². The molecule has 0 saturated carbocycles. The smallest absolute Gasteiger partial charge is 0.191 e. The van der Waals surface area contributed by atoms with Gasteiger partial charge in [-0.15, -0.1) is 11.3 Å². The zero-order chi connectivity index (χ0) is 21.2. The van der Waals surface area contributed by atoms with Crippen LogP contribution in [0.25, 0.3) is 0 Å². The molecule has 0 radical (unpaired) electrons. The van der Waals surface area contributed by atoms with Gasteiger partial charge >= 0.3 is 0 Å². The summed E-state index contributed by atoms with van der Waals surface area (Å²) in [6.45, 7) is 9.92. The van der Waals surface area contributed by atoms with Gasteiger partial charge in [-0.1, -0.05) is 12.1 Å². The molecule has 7 heteroatoms. The lowest BCUT2D eigenvalue weighted by Gasteiger charge is -2.15. The number of hydrogen-bond donors (Lipinski definition) is 2. The van der Waals surface area contributed by atoms with Crippen LogP contribution in [0, 0.1) is 13.8 Å². The highest BCUT2D eigenvalue weighted by molar-refractivity contribution is 7.09. The largest absolute Gasteiger partial charge is 0.491 e. The van der Waals surface area contributed by atoms with Crippen LogP contribution in [0.4, 0.5) is 0 Å². The van der Waals surface area contributed by atoms with Gasteiger partial charge in [0, 0.05) is 42.8 Å². The second-order valence-corrected chi connectivity index (χ2v) is 8.61. The molecule has 0 amide bonds. The molecular formula is C23H34N4O2S. The number of ether oxygens (including phenoxy) is 2. The van der Waals surface area contributed by atoms with Crippen molar-refractivity contribution in [3.05, 3.63) is 45.4 Å². The molecule has 0 aliphatic carbocycles. The Bertz CT molecular complexity index is 815. The summed E-state index contributed by atoms with van der Waals surface area (Å²) < 4.78 is 11.8. The van der Waals surface area contributed by atoms with E-state index in [9.17, 15) is 0 Å². The summed E-state index contributed by atoms with van der Waals surface area (Å²) in [6.07, 6.45) is 4.43. The summed E-state index contributed by atoms with van der Waals surface area (Å²) in [5, 5.41) is 10.1. The molecule has 1 fully saturated rings. The summed E-state index contributed by atoms with van der Waals surface area (Å²) in [6, 6.07) is 6.31. The quantitative estimate of drug-likeness (QED) is 0.339. The van der Waals surface area contributed by atoms with Gasteiger partial charge in [-0.2, -0.15) is 0 Å². The molecule has 1 atom stereocenters. The fourth-order valence-electron chi connectivity index (χ4n) is 3.36. The first-order chi connectivity index (χ1) is 14.6. The van der Waals surface area contributed by atoms with Gasteiger partial charge in [0.25, 0.3) is 0 Å². The van der Waals surface area contributed by atoms with E-state index in [1.165, 1.54) is 10.6 Å². The van der Waals surface area contributed by atoms with E-state index >= 15 is 0 Å². The molecule has 1 aromatic carbocycles. The highest BCUT2D eigenvalue weighted by atomic mass is 32.1. The van der Waals surface area contributed by atoms with E-state index in [1.54, 1.807) is 11.3 Å². The SMILES string of the molecule is CCNC(=NCc1ccc(C)cc1OCC1CCCO1)NCCCc1nc(C)cs1. The third-order valence-corrected chi connectivity index (χ3v) is 5.98. The van der Waals surface area contributed by atoms with Crippen molar-refractivity contribution < 1.29 is 9.47 Å². The number of nitrogens with zero attached hydrogens (tertiary/aromatic N) is 2. The maximum Gasteiger partial charge on any atom is 0.191 e. The Morgan fingerprint density at radius 1 is 1.33 bits per heavy atom. The van der Waals surface area contributed by atoms with Crippen LogP contribution in [0.5, 0.6) is 5.75 Å². The van der Waals surface area contributed by atoms with Crippen molar-refractivity contribution in [2.75, 3.05) is 26.3 Å². The van der Waals surface area contributed by atoms with Crippen LogP contribution in [-0.2, 0) is 17.7 Å². The lowest BCUT2D eigenvalue weighted by atomic mass is 10.1. The van der Waals surface area contributed by atoms with Crippen molar-refractivity contribution in [3.63, 3.8) is 0 Å². The molecule has 6 nitrogen and oxygen atoms in total. The summed E-state index contributed by atoms with van der Waals surface area (Å²) in [5.41, 5.74) is 3.38. The van der Waals surface area contributed by atoms with Crippen molar-refractivity contribution in [3.8, 4) is 5.75 Å².